The van der Waals surface area contributed by atoms with Gasteiger partial charge in [0.15, 0.2) is 5.76 Å². The molecule has 4 nitrogen and oxygen atoms in total. The molecular weight excluding hydrogens is 322 g/mol. The molecule has 2 heterocycles. The van der Waals surface area contributed by atoms with Gasteiger partial charge in [-0.15, -0.1) is 0 Å². The average Bonchev–Trinajstić information content (AvgIpc) is 3.56. The Hall–Kier alpha value is -2.07. The fourth-order valence-corrected chi connectivity index (χ4v) is 4.79. The maximum Gasteiger partial charge on any atom is 0.167 e. The Morgan fingerprint density at radius 2 is 1.85 bits per heavy atom. The second-order valence-corrected chi connectivity index (χ2v) is 8.61. The van der Waals surface area contributed by atoms with Gasteiger partial charge in [-0.25, -0.2) is 0 Å². The molecule has 3 aromatic rings. The van der Waals surface area contributed by atoms with Gasteiger partial charge in [-0.05, 0) is 73.6 Å². The number of nitrogens with one attached hydrogen (secondary N) is 1. The van der Waals surface area contributed by atoms with Gasteiger partial charge in [0, 0.05) is 47.9 Å². The highest BCUT2D eigenvalue weighted by Gasteiger charge is 2.35. The van der Waals surface area contributed by atoms with Crippen molar-refractivity contribution in [3.05, 3.63) is 41.7 Å². The average molecular weight is 347 g/mol. The van der Waals surface area contributed by atoms with Crippen molar-refractivity contribution in [2.45, 2.75) is 44.6 Å². The van der Waals surface area contributed by atoms with Crippen LogP contribution in [0.4, 0.5) is 0 Å². The van der Waals surface area contributed by atoms with Crippen LogP contribution in [0.1, 0.15) is 36.8 Å². The Bertz CT molecular complexity index is 920. The lowest BCUT2D eigenvalue weighted by Gasteiger charge is -2.35. The summed E-state index contributed by atoms with van der Waals surface area (Å²) in [5.41, 5.74) is 5.40. The topological polar surface area (TPSA) is 45.1 Å². The molecule has 0 saturated heterocycles. The maximum absolute atomic E-state index is 5.52. The summed E-state index contributed by atoms with van der Waals surface area (Å²) in [6.45, 7) is 2.60. The standard InChI is InChI=1S/C22H25N3O/c1-2-14(1)12-25(13-15-3-4-15)17-9-16-11-23-20-6-5-18(19(10-17)22(16)20)21-7-8-24-26-21/h5-8,11,14-15,17,23H,1-4,9-10,12-13H2. The number of benzene rings is 1. The van der Waals surface area contributed by atoms with E-state index in [9.17, 15) is 0 Å². The van der Waals surface area contributed by atoms with E-state index < -0.39 is 0 Å². The van der Waals surface area contributed by atoms with Gasteiger partial charge in [-0.3, -0.25) is 4.90 Å². The van der Waals surface area contributed by atoms with Crippen LogP contribution in [0.2, 0.25) is 0 Å². The molecule has 26 heavy (non-hydrogen) atoms. The van der Waals surface area contributed by atoms with Crippen LogP contribution in [0, 0.1) is 11.8 Å². The third-order valence-corrected chi connectivity index (χ3v) is 6.53. The molecule has 2 aromatic heterocycles. The summed E-state index contributed by atoms with van der Waals surface area (Å²) in [6.07, 6.45) is 12.0. The molecule has 1 aromatic carbocycles. The summed E-state index contributed by atoms with van der Waals surface area (Å²) < 4.78 is 5.52. The SMILES string of the molecule is c1cc(-c2ccc3[nH]cc4c3c2CC(N(CC2CC2)CC2CC2)C4)on1. The first-order valence-corrected chi connectivity index (χ1v) is 10.1. The van der Waals surface area contributed by atoms with E-state index in [4.69, 9.17) is 4.52 Å². The first-order chi connectivity index (χ1) is 12.8. The van der Waals surface area contributed by atoms with Gasteiger partial charge in [0.25, 0.3) is 0 Å². The van der Waals surface area contributed by atoms with Gasteiger partial charge in [-0.1, -0.05) is 5.16 Å². The fraction of sp³-hybridized carbons (Fsp3) is 0.500. The lowest BCUT2D eigenvalue weighted by molar-refractivity contribution is 0.175. The molecule has 1 unspecified atom stereocenters. The van der Waals surface area contributed by atoms with Gasteiger partial charge in [0.1, 0.15) is 0 Å². The number of H-pyrrole nitrogens is 1. The van der Waals surface area contributed by atoms with Crippen LogP contribution in [-0.2, 0) is 12.8 Å². The smallest absolute Gasteiger partial charge is 0.167 e. The van der Waals surface area contributed by atoms with E-state index in [1.54, 1.807) is 6.20 Å². The van der Waals surface area contributed by atoms with Crippen LogP contribution in [0.5, 0.6) is 0 Å². The Morgan fingerprint density at radius 3 is 2.54 bits per heavy atom. The molecule has 0 amide bonds. The lowest BCUT2D eigenvalue weighted by atomic mass is 9.85. The maximum atomic E-state index is 5.52. The van der Waals surface area contributed by atoms with E-state index in [-0.39, 0.29) is 0 Å². The molecule has 0 spiro atoms. The summed E-state index contributed by atoms with van der Waals surface area (Å²) in [4.78, 5) is 6.32. The van der Waals surface area contributed by atoms with Crippen molar-refractivity contribution in [3.8, 4) is 11.3 Å². The number of hydrogen-bond acceptors (Lipinski definition) is 3. The lowest BCUT2D eigenvalue weighted by Crippen LogP contribution is -2.42. The summed E-state index contributed by atoms with van der Waals surface area (Å²) in [5, 5.41) is 5.36. The zero-order valence-electron chi connectivity index (χ0n) is 15.1. The van der Waals surface area contributed by atoms with E-state index in [1.807, 2.05) is 6.07 Å². The predicted molar refractivity (Wildman–Crippen MR) is 102 cm³/mol. The van der Waals surface area contributed by atoms with Crippen LogP contribution < -0.4 is 0 Å². The quantitative estimate of drug-likeness (QED) is 0.718. The molecule has 0 aliphatic heterocycles. The Kier molecular flexibility index (Phi) is 3.30. The number of aromatic amines is 1. The van der Waals surface area contributed by atoms with E-state index in [1.165, 1.54) is 72.8 Å². The molecule has 1 N–H and O–H groups in total. The van der Waals surface area contributed by atoms with Crippen molar-refractivity contribution in [3.63, 3.8) is 0 Å². The van der Waals surface area contributed by atoms with Crippen LogP contribution in [0.3, 0.4) is 0 Å². The van der Waals surface area contributed by atoms with Crippen LogP contribution in [0.15, 0.2) is 35.1 Å². The first-order valence-electron chi connectivity index (χ1n) is 10.1. The van der Waals surface area contributed by atoms with Gasteiger partial charge in [0.05, 0.1) is 6.20 Å². The fourth-order valence-electron chi connectivity index (χ4n) is 4.79. The van der Waals surface area contributed by atoms with Crippen molar-refractivity contribution in [1.29, 1.82) is 0 Å². The number of rotatable bonds is 6. The minimum absolute atomic E-state index is 0.617. The van der Waals surface area contributed by atoms with E-state index in [0.717, 1.165) is 24.0 Å². The summed E-state index contributed by atoms with van der Waals surface area (Å²) in [7, 11) is 0. The van der Waals surface area contributed by atoms with Crippen LogP contribution >= 0.6 is 0 Å². The van der Waals surface area contributed by atoms with Gasteiger partial charge < -0.3 is 9.51 Å². The Balaban J connectivity index is 1.40. The van der Waals surface area contributed by atoms with Gasteiger partial charge in [-0.2, -0.15) is 0 Å². The zero-order valence-corrected chi connectivity index (χ0v) is 15.1. The van der Waals surface area contributed by atoms with E-state index >= 15 is 0 Å². The number of hydrogen-bond donors (Lipinski definition) is 1. The van der Waals surface area contributed by atoms with Crippen molar-refractivity contribution < 1.29 is 4.52 Å². The number of aromatic nitrogens is 2. The van der Waals surface area contributed by atoms with Crippen molar-refractivity contribution in [1.82, 2.24) is 15.0 Å². The highest BCUT2D eigenvalue weighted by Crippen LogP contribution is 2.40. The van der Waals surface area contributed by atoms with E-state index in [2.05, 4.69) is 33.4 Å². The zero-order chi connectivity index (χ0) is 17.1. The monoisotopic (exact) mass is 347 g/mol. The van der Waals surface area contributed by atoms with Crippen molar-refractivity contribution in [2.24, 2.45) is 11.8 Å². The summed E-state index contributed by atoms with van der Waals surface area (Å²) >= 11 is 0. The second-order valence-electron chi connectivity index (χ2n) is 8.61. The molecule has 6 rings (SSSR count). The van der Waals surface area contributed by atoms with Crippen LogP contribution in [-0.4, -0.2) is 34.2 Å². The third-order valence-electron chi connectivity index (χ3n) is 6.53. The highest BCUT2D eigenvalue weighted by atomic mass is 16.5. The Labute approximate surface area is 153 Å². The van der Waals surface area contributed by atoms with Crippen molar-refractivity contribution >= 4 is 10.9 Å². The minimum atomic E-state index is 0.617. The molecule has 2 saturated carbocycles. The molecule has 4 heteroatoms. The number of nitrogens with zero attached hydrogens (tertiary/aromatic N) is 2. The molecule has 1 atom stereocenters. The molecule has 3 aliphatic carbocycles. The van der Waals surface area contributed by atoms with Gasteiger partial charge >= 0.3 is 0 Å². The normalized spacial score (nSPS) is 22.4. The summed E-state index contributed by atoms with van der Waals surface area (Å²) in [5.74, 6) is 2.79. The molecule has 0 bridgehead atoms. The second kappa shape index (κ2) is 5.71. The molecule has 134 valence electrons. The largest absolute Gasteiger partial charge is 0.361 e. The molecule has 2 fully saturated rings. The third kappa shape index (κ3) is 2.59. The first kappa shape index (κ1) is 15.0. The van der Waals surface area contributed by atoms with E-state index in [0.29, 0.717) is 6.04 Å². The molecule has 0 radical (unpaired) electrons. The van der Waals surface area contributed by atoms with Gasteiger partial charge in [0.2, 0.25) is 0 Å². The van der Waals surface area contributed by atoms with Crippen molar-refractivity contribution in [2.75, 3.05) is 13.1 Å². The molecular formula is C22H25N3O. The molecule has 3 aliphatic rings. The predicted octanol–water partition coefficient (Wildman–Crippen LogP) is 4.41. The highest BCUT2D eigenvalue weighted by molar-refractivity contribution is 5.92. The Morgan fingerprint density at radius 1 is 1.04 bits per heavy atom. The minimum Gasteiger partial charge on any atom is -0.361 e. The summed E-state index contributed by atoms with van der Waals surface area (Å²) in [6, 6.07) is 6.99. The van der Waals surface area contributed by atoms with Crippen LogP contribution in [0.25, 0.3) is 22.2 Å².